The highest BCUT2D eigenvalue weighted by Gasteiger charge is 2.23. The van der Waals surface area contributed by atoms with E-state index in [4.69, 9.17) is 5.84 Å². The zero-order chi connectivity index (χ0) is 12.1. The fourth-order valence-electron chi connectivity index (χ4n) is 2.82. The van der Waals surface area contributed by atoms with E-state index in [-0.39, 0.29) is 11.9 Å². The summed E-state index contributed by atoms with van der Waals surface area (Å²) in [6, 6.07) is 6.86. The van der Waals surface area contributed by atoms with E-state index in [1.165, 1.54) is 50.7 Å². The predicted molar refractivity (Wildman–Crippen MR) is 67.7 cm³/mol. The number of hydrogen-bond acceptors (Lipinski definition) is 2. The van der Waals surface area contributed by atoms with Crippen LogP contribution in [0, 0.1) is 11.7 Å². The van der Waals surface area contributed by atoms with E-state index < -0.39 is 0 Å². The number of nitrogens with one attached hydrogen (secondary N) is 1. The van der Waals surface area contributed by atoms with Gasteiger partial charge in [0, 0.05) is 6.04 Å². The molecule has 94 valence electrons. The van der Waals surface area contributed by atoms with E-state index in [1.54, 1.807) is 0 Å². The molecule has 1 aromatic carbocycles. The maximum atomic E-state index is 12.9. The number of hydrazine groups is 1. The number of halogens is 1. The molecule has 0 aliphatic heterocycles. The zero-order valence-electron chi connectivity index (χ0n) is 10.2. The van der Waals surface area contributed by atoms with Crippen molar-refractivity contribution in [2.75, 3.05) is 0 Å². The summed E-state index contributed by atoms with van der Waals surface area (Å²) in [5, 5.41) is 0. The highest BCUT2D eigenvalue weighted by Crippen LogP contribution is 2.33. The van der Waals surface area contributed by atoms with Crippen LogP contribution in [0.15, 0.2) is 24.3 Å². The molecule has 0 spiro atoms. The average molecular weight is 236 g/mol. The third kappa shape index (κ3) is 3.27. The predicted octanol–water partition coefficient (Wildman–Crippen LogP) is 3.30. The third-order valence-corrected chi connectivity index (χ3v) is 3.78. The van der Waals surface area contributed by atoms with Crippen molar-refractivity contribution in [3.05, 3.63) is 35.6 Å². The highest BCUT2D eigenvalue weighted by molar-refractivity contribution is 5.20. The molecule has 2 rings (SSSR count). The van der Waals surface area contributed by atoms with E-state index in [2.05, 4.69) is 5.43 Å². The van der Waals surface area contributed by atoms with Gasteiger partial charge in [-0.3, -0.25) is 11.3 Å². The van der Waals surface area contributed by atoms with Gasteiger partial charge in [-0.25, -0.2) is 4.39 Å². The molecule has 0 amide bonds. The van der Waals surface area contributed by atoms with Gasteiger partial charge in [0.25, 0.3) is 0 Å². The molecule has 1 aromatic rings. The van der Waals surface area contributed by atoms with Crippen molar-refractivity contribution in [1.82, 2.24) is 5.43 Å². The normalized spacial score (nSPS) is 19.9. The fraction of sp³-hybridized carbons (Fsp3) is 0.571. The quantitative estimate of drug-likeness (QED) is 0.480. The molecule has 0 heterocycles. The lowest BCUT2D eigenvalue weighted by atomic mass is 9.87. The Balaban J connectivity index is 2.11. The maximum Gasteiger partial charge on any atom is 0.123 e. The van der Waals surface area contributed by atoms with Gasteiger partial charge >= 0.3 is 0 Å². The molecule has 1 saturated carbocycles. The standard InChI is InChI=1S/C14H21FN2/c15-13-9-7-12(8-10-13)14(17-16)11-5-3-1-2-4-6-11/h7-11,14,17H,1-6,16H2. The first-order chi connectivity index (χ1) is 8.31. The molecule has 3 N–H and O–H groups in total. The monoisotopic (exact) mass is 236 g/mol. The van der Waals surface area contributed by atoms with Crippen LogP contribution in [0.2, 0.25) is 0 Å². The topological polar surface area (TPSA) is 38.0 Å². The van der Waals surface area contributed by atoms with Crippen LogP contribution in [0.3, 0.4) is 0 Å². The second kappa shape index (κ2) is 6.12. The molecule has 0 saturated heterocycles. The Hall–Kier alpha value is -0.930. The van der Waals surface area contributed by atoms with Crippen LogP contribution in [0.25, 0.3) is 0 Å². The van der Waals surface area contributed by atoms with E-state index in [1.807, 2.05) is 12.1 Å². The minimum atomic E-state index is -0.189. The Kier molecular flexibility index (Phi) is 4.51. The zero-order valence-corrected chi connectivity index (χ0v) is 10.2. The fourth-order valence-corrected chi connectivity index (χ4v) is 2.82. The van der Waals surface area contributed by atoms with E-state index >= 15 is 0 Å². The van der Waals surface area contributed by atoms with Crippen LogP contribution in [0.1, 0.15) is 50.1 Å². The van der Waals surface area contributed by atoms with Gasteiger partial charge in [-0.2, -0.15) is 0 Å². The number of nitrogens with two attached hydrogens (primary N) is 1. The van der Waals surface area contributed by atoms with Gasteiger partial charge in [0.1, 0.15) is 5.82 Å². The molecular formula is C14H21FN2. The molecule has 1 unspecified atom stereocenters. The Bertz CT molecular complexity index is 329. The van der Waals surface area contributed by atoms with E-state index in [0.717, 1.165) is 5.56 Å². The number of hydrogen-bond donors (Lipinski definition) is 2. The second-order valence-corrected chi connectivity index (χ2v) is 4.95. The molecular weight excluding hydrogens is 215 g/mol. The lowest BCUT2D eigenvalue weighted by Gasteiger charge is -2.25. The van der Waals surface area contributed by atoms with Crippen molar-refractivity contribution in [2.45, 2.75) is 44.6 Å². The minimum absolute atomic E-state index is 0.161. The highest BCUT2D eigenvalue weighted by atomic mass is 19.1. The smallest absolute Gasteiger partial charge is 0.123 e. The van der Waals surface area contributed by atoms with Crippen molar-refractivity contribution in [3.63, 3.8) is 0 Å². The second-order valence-electron chi connectivity index (χ2n) is 4.95. The summed E-state index contributed by atoms with van der Waals surface area (Å²) in [5.41, 5.74) is 4.01. The number of rotatable bonds is 3. The Morgan fingerprint density at radius 1 is 1.06 bits per heavy atom. The average Bonchev–Trinajstić information content (AvgIpc) is 2.62. The largest absolute Gasteiger partial charge is 0.271 e. The van der Waals surface area contributed by atoms with E-state index in [0.29, 0.717) is 5.92 Å². The number of benzene rings is 1. The first-order valence-electron chi connectivity index (χ1n) is 6.53. The SMILES string of the molecule is NNC(c1ccc(F)cc1)C1CCCCCC1. The summed E-state index contributed by atoms with van der Waals surface area (Å²) in [5.74, 6) is 6.07. The molecule has 1 aliphatic carbocycles. The molecule has 3 heteroatoms. The van der Waals surface area contributed by atoms with Crippen molar-refractivity contribution < 1.29 is 4.39 Å². The summed E-state index contributed by atoms with van der Waals surface area (Å²) >= 11 is 0. The summed E-state index contributed by atoms with van der Waals surface area (Å²) < 4.78 is 12.9. The van der Waals surface area contributed by atoms with Crippen LogP contribution in [-0.2, 0) is 0 Å². The summed E-state index contributed by atoms with van der Waals surface area (Å²) in [6.07, 6.45) is 7.65. The van der Waals surface area contributed by atoms with Crippen LogP contribution in [0.5, 0.6) is 0 Å². The lowest BCUT2D eigenvalue weighted by Crippen LogP contribution is -2.33. The van der Waals surface area contributed by atoms with Crippen molar-refractivity contribution in [1.29, 1.82) is 0 Å². The molecule has 2 nitrogen and oxygen atoms in total. The molecule has 17 heavy (non-hydrogen) atoms. The summed E-state index contributed by atoms with van der Waals surface area (Å²) in [4.78, 5) is 0. The van der Waals surface area contributed by atoms with E-state index in [9.17, 15) is 4.39 Å². The minimum Gasteiger partial charge on any atom is -0.271 e. The summed E-state index contributed by atoms with van der Waals surface area (Å²) in [6.45, 7) is 0. The summed E-state index contributed by atoms with van der Waals surface area (Å²) in [7, 11) is 0. The molecule has 0 radical (unpaired) electrons. The first-order valence-corrected chi connectivity index (χ1v) is 6.53. The Morgan fingerprint density at radius 3 is 2.18 bits per heavy atom. The van der Waals surface area contributed by atoms with Crippen LogP contribution < -0.4 is 11.3 Å². The molecule has 1 atom stereocenters. The molecule has 0 bridgehead atoms. The third-order valence-electron chi connectivity index (χ3n) is 3.78. The van der Waals surface area contributed by atoms with Gasteiger partial charge in [0.05, 0.1) is 0 Å². The Morgan fingerprint density at radius 2 is 1.65 bits per heavy atom. The maximum absolute atomic E-state index is 12.9. The van der Waals surface area contributed by atoms with Crippen molar-refractivity contribution in [3.8, 4) is 0 Å². The van der Waals surface area contributed by atoms with Crippen LogP contribution >= 0.6 is 0 Å². The van der Waals surface area contributed by atoms with Crippen molar-refractivity contribution in [2.24, 2.45) is 11.8 Å². The Labute approximate surface area is 102 Å². The molecule has 1 aliphatic rings. The van der Waals surface area contributed by atoms with Gasteiger partial charge in [-0.1, -0.05) is 37.8 Å². The lowest BCUT2D eigenvalue weighted by molar-refractivity contribution is 0.329. The van der Waals surface area contributed by atoms with Crippen molar-refractivity contribution >= 4 is 0 Å². The van der Waals surface area contributed by atoms with Gasteiger partial charge in [-0.05, 0) is 36.5 Å². The van der Waals surface area contributed by atoms with Crippen LogP contribution in [0.4, 0.5) is 4.39 Å². The van der Waals surface area contributed by atoms with Gasteiger partial charge in [0.2, 0.25) is 0 Å². The first kappa shape index (κ1) is 12.5. The molecule has 0 aromatic heterocycles. The van der Waals surface area contributed by atoms with Crippen LogP contribution in [-0.4, -0.2) is 0 Å². The van der Waals surface area contributed by atoms with Gasteiger partial charge in [0.15, 0.2) is 0 Å². The molecule has 1 fully saturated rings. The van der Waals surface area contributed by atoms with Gasteiger partial charge < -0.3 is 0 Å². The van der Waals surface area contributed by atoms with Gasteiger partial charge in [-0.15, -0.1) is 0 Å².